The molecule has 0 aliphatic heterocycles. The van der Waals surface area contributed by atoms with Gasteiger partial charge in [-0.1, -0.05) is 68.3 Å². The molecule has 0 radical (unpaired) electrons. The van der Waals surface area contributed by atoms with E-state index in [0.717, 1.165) is 8.95 Å². The summed E-state index contributed by atoms with van der Waals surface area (Å²) < 4.78 is 12.0. The number of aliphatic hydroxyl groups is 2. The van der Waals surface area contributed by atoms with Crippen LogP contribution in [0, 0.1) is 0 Å². The first-order valence-corrected chi connectivity index (χ1v) is 14.6. The van der Waals surface area contributed by atoms with E-state index < -0.39 is 46.7 Å². The molecule has 0 heterocycles. The second-order valence-electron chi connectivity index (χ2n) is 12.0. The third-order valence-corrected chi connectivity index (χ3v) is 7.37. The van der Waals surface area contributed by atoms with Crippen LogP contribution in [0.5, 0.6) is 0 Å². The van der Waals surface area contributed by atoms with Crippen LogP contribution in [0.2, 0.25) is 0 Å². The summed E-state index contributed by atoms with van der Waals surface area (Å²) >= 11 is 6.82. The van der Waals surface area contributed by atoms with Gasteiger partial charge < -0.3 is 30.3 Å². The van der Waals surface area contributed by atoms with Crippen molar-refractivity contribution in [2.45, 2.75) is 104 Å². The van der Waals surface area contributed by atoms with Gasteiger partial charge in [0.15, 0.2) is 0 Å². The first-order chi connectivity index (χ1) is 18.1. The van der Waals surface area contributed by atoms with E-state index in [0.29, 0.717) is 11.1 Å². The fourth-order valence-corrected chi connectivity index (χ4v) is 4.83. The Labute approximate surface area is 255 Å². The molecule has 4 N–H and O–H groups in total. The molecule has 0 aliphatic carbocycles. The van der Waals surface area contributed by atoms with Crippen molar-refractivity contribution >= 4 is 44.0 Å². The number of carbonyl (C=O) groups excluding carboxylic acids is 2. The molecule has 8 nitrogen and oxygen atoms in total. The number of rotatable bonds is 6. The zero-order valence-electron chi connectivity index (χ0n) is 25.1. The standard InChI is InChI=1S/2C15H22BrNO3/c2*1-10(17-13(18)20-14(2,3)4)15(5,19)11-8-6-7-9-12(11)16/h2*6-10,19H,1-5H3,(H,17,18)/t2*10-,15-/m11/s1. The molecule has 0 fully saturated rings. The van der Waals surface area contributed by atoms with Gasteiger partial charge in [-0.05, 0) is 92.5 Å². The molecule has 0 aliphatic rings. The summed E-state index contributed by atoms with van der Waals surface area (Å²) in [6.07, 6.45) is -1.09. The van der Waals surface area contributed by atoms with Crippen molar-refractivity contribution in [3.8, 4) is 0 Å². The van der Waals surface area contributed by atoms with Crippen molar-refractivity contribution < 1.29 is 29.3 Å². The second-order valence-corrected chi connectivity index (χ2v) is 13.7. The van der Waals surface area contributed by atoms with Crippen LogP contribution in [-0.4, -0.2) is 45.7 Å². The fraction of sp³-hybridized carbons (Fsp3) is 0.533. The van der Waals surface area contributed by atoms with Gasteiger partial charge in [-0.2, -0.15) is 0 Å². The zero-order chi connectivity index (χ0) is 31.1. The van der Waals surface area contributed by atoms with E-state index in [1.807, 2.05) is 48.5 Å². The minimum atomic E-state index is -1.21. The van der Waals surface area contributed by atoms with Crippen LogP contribution in [0.25, 0.3) is 0 Å². The quantitative estimate of drug-likeness (QED) is 0.257. The smallest absolute Gasteiger partial charge is 0.407 e. The van der Waals surface area contributed by atoms with Crippen molar-refractivity contribution in [2.24, 2.45) is 0 Å². The lowest BCUT2D eigenvalue weighted by Gasteiger charge is -2.32. The number of hydrogen-bond donors (Lipinski definition) is 4. The Morgan fingerprint density at radius 3 is 1.18 bits per heavy atom. The number of carbonyl (C=O) groups is 2. The Morgan fingerprint density at radius 1 is 0.650 bits per heavy atom. The highest BCUT2D eigenvalue weighted by atomic mass is 79.9. The van der Waals surface area contributed by atoms with Gasteiger partial charge in [-0.25, -0.2) is 9.59 Å². The molecule has 2 amide bonds. The van der Waals surface area contributed by atoms with E-state index in [2.05, 4.69) is 42.5 Å². The van der Waals surface area contributed by atoms with E-state index in [-0.39, 0.29) is 0 Å². The van der Waals surface area contributed by atoms with Gasteiger partial charge in [0.25, 0.3) is 0 Å². The average molecular weight is 688 g/mol. The molecule has 2 aromatic carbocycles. The third-order valence-electron chi connectivity index (χ3n) is 5.99. The largest absolute Gasteiger partial charge is 0.444 e. The Balaban J connectivity index is 0.000000400. The van der Waals surface area contributed by atoms with E-state index in [1.54, 1.807) is 69.2 Å². The van der Waals surface area contributed by atoms with Gasteiger partial charge in [-0.15, -0.1) is 0 Å². The van der Waals surface area contributed by atoms with Gasteiger partial charge in [0.1, 0.15) is 22.4 Å². The first kappa shape index (κ1) is 35.9. The Hall–Kier alpha value is -2.14. The summed E-state index contributed by atoms with van der Waals surface area (Å²) in [5.74, 6) is 0. The monoisotopic (exact) mass is 686 g/mol. The molecule has 224 valence electrons. The van der Waals surface area contributed by atoms with E-state index >= 15 is 0 Å². The van der Waals surface area contributed by atoms with E-state index in [4.69, 9.17) is 9.47 Å². The topological polar surface area (TPSA) is 117 Å². The maximum atomic E-state index is 11.8. The molecule has 4 atom stereocenters. The number of halogens is 2. The molecular formula is C30H44Br2N2O6. The molecule has 2 aromatic rings. The lowest BCUT2D eigenvalue weighted by Crippen LogP contribution is -2.48. The highest BCUT2D eigenvalue weighted by Crippen LogP contribution is 2.32. The maximum absolute atomic E-state index is 11.8. The molecule has 0 saturated carbocycles. The second kappa shape index (κ2) is 14.2. The molecule has 10 heteroatoms. The SMILES string of the molecule is C[C@@H](NC(=O)OC(C)(C)C)[C@@](C)(O)c1ccccc1Br.C[C@@H](NC(=O)OC(C)(C)C)[C@@](C)(O)c1ccccc1Br. The predicted octanol–water partition coefficient (Wildman–Crippen LogP) is 7.14. The van der Waals surface area contributed by atoms with Gasteiger partial charge in [0.2, 0.25) is 0 Å². The number of hydrogen-bond acceptors (Lipinski definition) is 6. The number of alkyl carbamates (subject to hydrolysis) is 2. The summed E-state index contributed by atoms with van der Waals surface area (Å²) in [5.41, 5.74) is -2.13. The van der Waals surface area contributed by atoms with Crippen LogP contribution in [0.15, 0.2) is 57.5 Å². The highest BCUT2D eigenvalue weighted by molar-refractivity contribution is 9.10. The summed E-state index contributed by atoms with van der Waals surface area (Å²) in [6.45, 7) is 17.6. The molecule has 40 heavy (non-hydrogen) atoms. The zero-order valence-corrected chi connectivity index (χ0v) is 28.2. The van der Waals surface area contributed by atoms with E-state index in [9.17, 15) is 19.8 Å². The third kappa shape index (κ3) is 11.4. The molecule has 0 spiro atoms. The van der Waals surface area contributed by atoms with Crippen molar-refractivity contribution in [3.63, 3.8) is 0 Å². The first-order valence-electron chi connectivity index (χ1n) is 13.0. The van der Waals surface area contributed by atoms with Crippen molar-refractivity contribution in [2.75, 3.05) is 0 Å². The van der Waals surface area contributed by atoms with Crippen LogP contribution >= 0.6 is 31.9 Å². The lowest BCUT2D eigenvalue weighted by molar-refractivity contribution is 0.00702. The van der Waals surface area contributed by atoms with Crippen LogP contribution in [0.1, 0.15) is 80.4 Å². The van der Waals surface area contributed by atoms with Crippen molar-refractivity contribution in [3.05, 3.63) is 68.6 Å². The Bertz CT molecular complexity index is 1050. The van der Waals surface area contributed by atoms with Gasteiger partial charge in [0.05, 0.1) is 12.1 Å². The molecule has 0 bridgehead atoms. The molecule has 2 rings (SSSR count). The minimum Gasteiger partial charge on any atom is -0.444 e. The molecular weight excluding hydrogens is 644 g/mol. The fourth-order valence-electron chi connectivity index (χ4n) is 3.46. The normalized spacial score (nSPS) is 16.1. The summed E-state index contributed by atoms with van der Waals surface area (Å²) in [7, 11) is 0. The van der Waals surface area contributed by atoms with Crippen LogP contribution in [-0.2, 0) is 20.7 Å². The van der Waals surface area contributed by atoms with E-state index in [1.165, 1.54) is 0 Å². The molecule has 0 aromatic heterocycles. The predicted molar refractivity (Wildman–Crippen MR) is 165 cm³/mol. The number of amides is 2. The van der Waals surface area contributed by atoms with Crippen molar-refractivity contribution in [1.29, 1.82) is 0 Å². The molecule has 0 saturated heterocycles. The average Bonchev–Trinajstić information content (AvgIpc) is 2.77. The Morgan fingerprint density at radius 2 is 0.925 bits per heavy atom. The number of benzene rings is 2. The molecule has 0 unspecified atom stereocenters. The lowest BCUT2D eigenvalue weighted by atomic mass is 9.89. The number of ether oxygens (including phenoxy) is 2. The minimum absolute atomic E-state index is 0.504. The van der Waals surface area contributed by atoms with Gasteiger partial charge in [-0.3, -0.25) is 0 Å². The maximum Gasteiger partial charge on any atom is 0.407 e. The van der Waals surface area contributed by atoms with Crippen LogP contribution < -0.4 is 10.6 Å². The summed E-state index contributed by atoms with van der Waals surface area (Å²) in [6, 6.07) is 13.8. The Kier molecular flexibility index (Phi) is 12.7. The summed E-state index contributed by atoms with van der Waals surface area (Å²) in [4.78, 5) is 23.6. The van der Waals surface area contributed by atoms with Crippen LogP contribution in [0.4, 0.5) is 9.59 Å². The van der Waals surface area contributed by atoms with Gasteiger partial charge in [0, 0.05) is 8.95 Å². The van der Waals surface area contributed by atoms with Crippen molar-refractivity contribution in [1.82, 2.24) is 10.6 Å². The van der Waals surface area contributed by atoms with Crippen LogP contribution in [0.3, 0.4) is 0 Å². The van der Waals surface area contributed by atoms with Gasteiger partial charge >= 0.3 is 12.2 Å². The number of nitrogens with one attached hydrogen (secondary N) is 2. The summed E-state index contributed by atoms with van der Waals surface area (Å²) in [5, 5.41) is 26.7. The highest BCUT2D eigenvalue weighted by Gasteiger charge is 2.35.